The lowest BCUT2D eigenvalue weighted by Gasteiger charge is -2.33. The summed E-state index contributed by atoms with van der Waals surface area (Å²) in [4.78, 5) is 24.2. The molecule has 2 fully saturated rings. The Bertz CT molecular complexity index is 836. The van der Waals surface area contributed by atoms with Gasteiger partial charge in [-0.15, -0.1) is 0 Å². The SMILES string of the molecule is O=C(OC[C@H](CCN1CCCCC1)c1cncnc1)C(O)(c1ccccc1)C1CCCC1. The van der Waals surface area contributed by atoms with E-state index in [0.717, 1.165) is 57.3 Å². The largest absolute Gasteiger partial charge is 0.463 e. The monoisotopic (exact) mass is 437 g/mol. The topological polar surface area (TPSA) is 75.5 Å². The molecule has 172 valence electrons. The highest BCUT2D eigenvalue weighted by molar-refractivity contribution is 5.81. The van der Waals surface area contributed by atoms with Gasteiger partial charge in [-0.2, -0.15) is 0 Å². The number of benzene rings is 1. The lowest BCUT2D eigenvalue weighted by molar-refractivity contribution is -0.174. The minimum absolute atomic E-state index is 0.00526. The molecule has 1 aliphatic heterocycles. The highest BCUT2D eigenvalue weighted by atomic mass is 16.5. The standard InChI is InChI=1S/C26H35N3O3/c30-25(26(31,24-11-5-6-12-24)23-9-3-1-4-10-23)32-19-21(22-17-27-20-28-18-22)13-16-29-14-7-2-8-15-29/h1,3-4,9-10,17-18,20-21,24,31H,2,5-8,11-16,19H2/t21-,26?/m0/s1. The molecule has 2 heterocycles. The van der Waals surface area contributed by atoms with Crippen LogP contribution in [0.15, 0.2) is 49.1 Å². The van der Waals surface area contributed by atoms with Crippen LogP contribution in [0.2, 0.25) is 0 Å². The molecule has 0 radical (unpaired) electrons. The average Bonchev–Trinajstić information content (AvgIpc) is 3.41. The quantitative estimate of drug-likeness (QED) is 0.597. The van der Waals surface area contributed by atoms with Gasteiger partial charge in [0, 0.05) is 24.2 Å². The van der Waals surface area contributed by atoms with Gasteiger partial charge in [-0.3, -0.25) is 0 Å². The summed E-state index contributed by atoms with van der Waals surface area (Å²) in [6.07, 6.45) is 13.6. The molecule has 1 N–H and O–H groups in total. The van der Waals surface area contributed by atoms with Gasteiger partial charge < -0.3 is 14.7 Å². The number of carbonyl (C=O) groups is 1. The number of piperidine rings is 1. The van der Waals surface area contributed by atoms with Crippen molar-refractivity contribution in [2.45, 2.75) is 62.9 Å². The van der Waals surface area contributed by atoms with Crippen molar-refractivity contribution in [1.82, 2.24) is 14.9 Å². The molecule has 2 aliphatic rings. The molecular weight excluding hydrogens is 402 g/mol. The zero-order valence-corrected chi connectivity index (χ0v) is 18.9. The van der Waals surface area contributed by atoms with Crippen molar-refractivity contribution in [2.75, 3.05) is 26.2 Å². The number of hydrogen-bond acceptors (Lipinski definition) is 6. The molecule has 1 saturated carbocycles. The molecule has 1 aromatic carbocycles. The number of nitrogens with zero attached hydrogens (tertiary/aromatic N) is 3. The van der Waals surface area contributed by atoms with E-state index in [-0.39, 0.29) is 18.4 Å². The molecule has 0 amide bonds. The van der Waals surface area contributed by atoms with Crippen LogP contribution in [-0.4, -0.2) is 52.2 Å². The first-order chi connectivity index (χ1) is 15.7. The minimum Gasteiger partial charge on any atom is -0.463 e. The first kappa shape index (κ1) is 22.9. The van der Waals surface area contributed by atoms with Gasteiger partial charge in [0.05, 0.1) is 6.61 Å². The third kappa shape index (κ3) is 5.36. The van der Waals surface area contributed by atoms with E-state index in [2.05, 4.69) is 14.9 Å². The van der Waals surface area contributed by atoms with Gasteiger partial charge in [-0.1, -0.05) is 49.6 Å². The Balaban J connectivity index is 1.47. The maximum absolute atomic E-state index is 13.4. The Morgan fingerprint density at radius 2 is 1.75 bits per heavy atom. The van der Waals surface area contributed by atoms with E-state index in [1.807, 2.05) is 42.7 Å². The normalized spacial score (nSPS) is 20.5. The van der Waals surface area contributed by atoms with Gasteiger partial charge >= 0.3 is 5.97 Å². The molecule has 0 spiro atoms. The second-order valence-electron chi connectivity index (χ2n) is 9.27. The Morgan fingerprint density at radius 1 is 1.06 bits per heavy atom. The molecular formula is C26H35N3O3. The number of aromatic nitrogens is 2. The number of rotatable bonds is 9. The van der Waals surface area contributed by atoms with Gasteiger partial charge in [0.25, 0.3) is 0 Å². The van der Waals surface area contributed by atoms with Crippen LogP contribution < -0.4 is 0 Å². The van der Waals surface area contributed by atoms with Crippen molar-refractivity contribution in [3.8, 4) is 0 Å². The summed E-state index contributed by atoms with van der Waals surface area (Å²) < 4.78 is 5.87. The van der Waals surface area contributed by atoms with Crippen LogP contribution in [0.3, 0.4) is 0 Å². The molecule has 1 aliphatic carbocycles. The van der Waals surface area contributed by atoms with Crippen molar-refractivity contribution in [3.05, 3.63) is 60.2 Å². The average molecular weight is 438 g/mol. The second-order valence-corrected chi connectivity index (χ2v) is 9.27. The fourth-order valence-corrected chi connectivity index (χ4v) is 5.23. The number of esters is 1. The van der Waals surface area contributed by atoms with E-state index in [1.165, 1.54) is 25.6 Å². The molecule has 2 aromatic rings. The summed E-state index contributed by atoms with van der Waals surface area (Å²) in [5.41, 5.74) is 0.00812. The van der Waals surface area contributed by atoms with E-state index in [1.54, 1.807) is 0 Å². The molecule has 32 heavy (non-hydrogen) atoms. The van der Waals surface area contributed by atoms with Crippen LogP contribution in [0.25, 0.3) is 0 Å². The van der Waals surface area contributed by atoms with Gasteiger partial charge in [0.2, 0.25) is 0 Å². The van der Waals surface area contributed by atoms with Gasteiger partial charge in [0.1, 0.15) is 6.33 Å². The summed E-state index contributed by atoms with van der Waals surface area (Å²) in [6.45, 7) is 3.45. The number of carbonyl (C=O) groups excluding carboxylic acids is 1. The van der Waals surface area contributed by atoms with Crippen LogP contribution in [0.5, 0.6) is 0 Å². The zero-order chi connectivity index (χ0) is 22.2. The molecule has 1 aromatic heterocycles. The van der Waals surface area contributed by atoms with Crippen molar-refractivity contribution in [2.24, 2.45) is 5.92 Å². The van der Waals surface area contributed by atoms with Gasteiger partial charge in [-0.05, 0) is 62.9 Å². The van der Waals surface area contributed by atoms with Crippen molar-refractivity contribution < 1.29 is 14.6 Å². The highest BCUT2D eigenvalue weighted by Gasteiger charge is 2.48. The third-order valence-electron chi connectivity index (χ3n) is 7.18. The number of aliphatic hydroxyl groups is 1. The summed E-state index contributed by atoms with van der Waals surface area (Å²) in [5, 5.41) is 11.7. The summed E-state index contributed by atoms with van der Waals surface area (Å²) in [5.74, 6) is -0.634. The Labute approximate surface area is 191 Å². The molecule has 1 unspecified atom stereocenters. The summed E-state index contributed by atoms with van der Waals surface area (Å²) >= 11 is 0. The molecule has 6 nitrogen and oxygen atoms in total. The van der Waals surface area contributed by atoms with E-state index in [4.69, 9.17) is 4.74 Å². The van der Waals surface area contributed by atoms with Crippen LogP contribution in [0.1, 0.15) is 68.4 Å². The van der Waals surface area contributed by atoms with E-state index in [0.29, 0.717) is 5.56 Å². The molecule has 2 atom stereocenters. The lowest BCUT2D eigenvalue weighted by atomic mass is 9.80. The van der Waals surface area contributed by atoms with Gasteiger partial charge in [0.15, 0.2) is 5.60 Å². The predicted octanol–water partition coefficient (Wildman–Crippen LogP) is 4.06. The minimum atomic E-state index is -1.59. The van der Waals surface area contributed by atoms with E-state index >= 15 is 0 Å². The summed E-state index contributed by atoms with van der Waals surface area (Å²) in [6, 6.07) is 9.30. The molecule has 1 saturated heterocycles. The first-order valence-electron chi connectivity index (χ1n) is 12.1. The summed E-state index contributed by atoms with van der Waals surface area (Å²) in [7, 11) is 0. The van der Waals surface area contributed by atoms with Crippen molar-refractivity contribution in [3.63, 3.8) is 0 Å². The van der Waals surface area contributed by atoms with E-state index in [9.17, 15) is 9.90 Å². The molecule has 0 bridgehead atoms. The fraction of sp³-hybridized carbons (Fsp3) is 0.577. The Hall–Kier alpha value is -2.31. The fourth-order valence-electron chi connectivity index (χ4n) is 5.23. The highest BCUT2D eigenvalue weighted by Crippen LogP contribution is 2.41. The van der Waals surface area contributed by atoms with Gasteiger partial charge in [-0.25, -0.2) is 14.8 Å². The van der Waals surface area contributed by atoms with Crippen LogP contribution in [0, 0.1) is 5.92 Å². The van der Waals surface area contributed by atoms with Crippen LogP contribution in [-0.2, 0) is 15.1 Å². The van der Waals surface area contributed by atoms with E-state index < -0.39 is 11.6 Å². The number of likely N-dealkylation sites (tertiary alicyclic amines) is 1. The number of hydrogen-bond donors (Lipinski definition) is 1. The predicted molar refractivity (Wildman–Crippen MR) is 123 cm³/mol. The molecule has 6 heteroatoms. The van der Waals surface area contributed by atoms with Crippen LogP contribution >= 0.6 is 0 Å². The van der Waals surface area contributed by atoms with Crippen molar-refractivity contribution in [1.29, 1.82) is 0 Å². The maximum atomic E-state index is 13.4. The Morgan fingerprint density at radius 3 is 2.44 bits per heavy atom. The second kappa shape index (κ2) is 11.0. The first-order valence-corrected chi connectivity index (χ1v) is 12.1. The van der Waals surface area contributed by atoms with Crippen molar-refractivity contribution >= 4 is 5.97 Å². The maximum Gasteiger partial charge on any atom is 0.343 e. The Kier molecular flexibility index (Phi) is 7.87. The van der Waals surface area contributed by atoms with Crippen LogP contribution in [0.4, 0.5) is 0 Å². The third-order valence-corrected chi connectivity index (χ3v) is 7.18. The smallest absolute Gasteiger partial charge is 0.343 e. The molecule has 4 rings (SSSR count). The lowest BCUT2D eigenvalue weighted by Crippen LogP contribution is -2.44. The number of ether oxygens (including phenoxy) is 1. The zero-order valence-electron chi connectivity index (χ0n) is 18.9.